The molecule has 1 heterocycles. The predicted molar refractivity (Wildman–Crippen MR) is 82.8 cm³/mol. The monoisotopic (exact) mass is 327 g/mol. The second-order valence-corrected chi connectivity index (χ2v) is 6.14. The molecule has 104 valence electrons. The van der Waals surface area contributed by atoms with Gasteiger partial charge in [-0.15, -0.1) is 0 Å². The highest BCUT2D eigenvalue weighted by Gasteiger charge is 2.27. The van der Waals surface area contributed by atoms with E-state index in [0.29, 0.717) is 21.5 Å². The van der Waals surface area contributed by atoms with Gasteiger partial charge in [-0.2, -0.15) is 0 Å². The summed E-state index contributed by atoms with van der Waals surface area (Å²) in [5, 5.41) is 1.84. The van der Waals surface area contributed by atoms with Crippen molar-refractivity contribution in [2.75, 3.05) is 0 Å². The molecule has 0 spiro atoms. The van der Waals surface area contributed by atoms with Gasteiger partial charge in [0.15, 0.2) is 0 Å². The Hall–Kier alpha value is -0.930. The van der Waals surface area contributed by atoms with Crippen LogP contribution in [0.1, 0.15) is 29.7 Å². The largest absolute Gasteiger partial charge is 0.485 e. The van der Waals surface area contributed by atoms with Gasteiger partial charge in [0.2, 0.25) is 0 Å². The van der Waals surface area contributed by atoms with Crippen molar-refractivity contribution >= 4 is 34.8 Å². The number of halogens is 3. The summed E-state index contributed by atoms with van der Waals surface area (Å²) in [7, 11) is 0. The molecule has 2 aromatic carbocycles. The Morgan fingerprint density at radius 2 is 1.65 bits per heavy atom. The molecule has 2 aromatic rings. The van der Waals surface area contributed by atoms with Crippen LogP contribution in [0.25, 0.3) is 0 Å². The first-order valence-electron chi connectivity index (χ1n) is 6.20. The minimum atomic E-state index is -0.158. The molecule has 0 radical (unpaired) electrons. The Morgan fingerprint density at radius 1 is 0.950 bits per heavy atom. The number of hydrogen-bond acceptors (Lipinski definition) is 2. The van der Waals surface area contributed by atoms with Crippen LogP contribution in [-0.2, 0) is 0 Å². The minimum Gasteiger partial charge on any atom is -0.485 e. The summed E-state index contributed by atoms with van der Waals surface area (Å²) in [5.41, 5.74) is 8.08. The third kappa shape index (κ3) is 2.75. The van der Waals surface area contributed by atoms with Crippen LogP contribution in [0.5, 0.6) is 5.75 Å². The van der Waals surface area contributed by atoms with Gasteiger partial charge < -0.3 is 10.5 Å². The van der Waals surface area contributed by atoms with Gasteiger partial charge in [0.1, 0.15) is 11.9 Å². The highest BCUT2D eigenvalue weighted by Crippen LogP contribution is 2.41. The molecule has 3 rings (SSSR count). The first kappa shape index (κ1) is 14.0. The lowest BCUT2D eigenvalue weighted by molar-refractivity contribution is 0.161. The molecule has 2 N–H and O–H groups in total. The molecule has 20 heavy (non-hydrogen) atoms. The standard InChI is InChI=1S/C15H12Cl3NO/c16-9-1-2-14-12(6-9)13(19)7-15(20-14)8-3-10(17)5-11(18)4-8/h1-6,13,15H,7,19H2/t13-,15?/m0/s1. The van der Waals surface area contributed by atoms with Crippen molar-refractivity contribution < 1.29 is 4.74 Å². The van der Waals surface area contributed by atoms with Crippen molar-refractivity contribution in [1.29, 1.82) is 0 Å². The van der Waals surface area contributed by atoms with Gasteiger partial charge in [0, 0.05) is 33.1 Å². The number of hydrogen-bond donors (Lipinski definition) is 1. The average Bonchev–Trinajstić information content (AvgIpc) is 2.38. The zero-order valence-corrected chi connectivity index (χ0v) is 12.7. The fourth-order valence-corrected chi connectivity index (χ4v) is 3.16. The number of nitrogens with two attached hydrogens (primary N) is 1. The summed E-state index contributed by atoms with van der Waals surface area (Å²) >= 11 is 18.1. The van der Waals surface area contributed by atoms with Crippen LogP contribution < -0.4 is 10.5 Å². The van der Waals surface area contributed by atoms with Crippen LogP contribution in [0.4, 0.5) is 0 Å². The Bertz CT molecular complexity index is 639. The van der Waals surface area contributed by atoms with Gasteiger partial charge in [-0.05, 0) is 42.0 Å². The van der Waals surface area contributed by atoms with Gasteiger partial charge >= 0.3 is 0 Å². The van der Waals surface area contributed by atoms with Gasteiger partial charge in [-0.1, -0.05) is 34.8 Å². The molecule has 0 amide bonds. The molecule has 0 saturated heterocycles. The third-order valence-corrected chi connectivity index (χ3v) is 4.04. The Kier molecular flexibility index (Phi) is 3.83. The first-order valence-corrected chi connectivity index (χ1v) is 7.34. The first-order chi connectivity index (χ1) is 9.52. The molecule has 0 bridgehead atoms. The van der Waals surface area contributed by atoms with Crippen LogP contribution in [0.15, 0.2) is 36.4 Å². The molecule has 5 heteroatoms. The second kappa shape index (κ2) is 5.45. The fraction of sp³-hybridized carbons (Fsp3) is 0.200. The van der Waals surface area contributed by atoms with Crippen LogP contribution in [0.2, 0.25) is 15.1 Å². The topological polar surface area (TPSA) is 35.2 Å². The third-order valence-electron chi connectivity index (χ3n) is 3.37. The van der Waals surface area contributed by atoms with Gasteiger partial charge in [0.05, 0.1) is 0 Å². The van der Waals surface area contributed by atoms with E-state index in [1.807, 2.05) is 24.3 Å². The maximum absolute atomic E-state index is 6.21. The molecular formula is C15H12Cl3NO. The van der Waals surface area contributed by atoms with Crippen molar-refractivity contribution in [1.82, 2.24) is 0 Å². The summed E-state index contributed by atoms with van der Waals surface area (Å²) in [5.74, 6) is 0.759. The van der Waals surface area contributed by atoms with Crippen LogP contribution in [-0.4, -0.2) is 0 Å². The summed E-state index contributed by atoms with van der Waals surface area (Å²) in [6.07, 6.45) is 0.499. The van der Waals surface area contributed by atoms with Crippen molar-refractivity contribution in [2.24, 2.45) is 5.73 Å². The maximum Gasteiger partial charge on any atom is 0.126 e. The Labute approximate surface area is 132 Å². The zero-order chi connectivity index (χ0) is 14.3. The van der Waals surface area contributed by atoms with Gasteiger partial charge in [-0.25, -0.2) is 0 Å². The lowest BCUT2D eigenvalue weighted by Gasteiger charge is -2.30. The van der Waals surface area contributed by atoms with E-state index in [1.54, 1.807) is 12.1 Å². The minimum absolute atomic E-state index is 0.125. The smallest absolute Gasteiger partial charge is 0.126 e. The van der Waals surface area contributed by atoms with E-state index in [2.05, 4.69) is 0 Å². The number of ether oxygens (including phenoxy) is 1. The number of fused-ring (bicyclic) bond motifs is 1. The van der Waals surface area contributed by atoms with Crippen LogP contribution in [0.3, 0.4) is 0 Å². The lowest BCUT2D eigenvalue weighted by atomic mass is 9.93. The Balaban J connectivity index is 1.96. The summed E-state index contributed by atoms with van der Waals surface area (Å²) < 4.78 is 6.00. The highest BCUT2D eigenvalue weighted by atomic mass is 35.5. The SMILES string of the molecule is N[C@H]1CC(c2cc(Cl)cc(Cl)c2)Oc2ccc(Cl)cc21. The molecule has 0 aromatic heterocycles. The number of rotatable bonds is 1. The highest BCUT2D eigenvalue weighted by molar-refractivity contribution is 6.34. The summed E-state index contributed by atoms with van der Waals surface area (Å²) in [6.45, 7) is 0. The van der Waals surface area contributed by atoms with E-state index >= 15 is 0 Å². The fourth-order valence-electron chi connectivity index (χ4n) is 2.44. The maximum atomic E-state index is 6.21. The van der Waals surface area contributed by atoms with Crippen molar-refractivity contribution in [3.05, 3.63) is 62.6 Å². The number of benzene rings is 2. The van der Waals surface area contributed by atoms with E-state index in [0.717, 1.165) is 16.9 Å². The van der Waals surface area contributed by atoms with Gasteiger partial charge in [-0.3, -0.25) is 0 Å². The molecule has 2 atom stereocenters. The summed E-state index contributed by atoms with van der Waals surface area (Å²) in [6, 6.07) is 10.8. The molecule has 1 aliphatic rings. The normalized spacial score (nSPS) is 21.2. The lowest BCUT2D eigenvalue weighted by Crippen LogP contribution is -2.24. The molecule has 0 fully saturated rings. The molecule has 0 aliphatic carbocycles. The van der Waals surface area contributed by atoms with E-state index in [1.165, 1.54) is 0 Å². The van der Waals surface area contributed by atoms with Crippen LogP contribution in [0, 0.1) is 0 Å². The molecule has 1 unspecified atom stereocenters. The van der Waals surface area contributed by atoms with Crippen molar-refractivity contribution in [3.63, 3.8) is 0 Å². The zero-order valence-electron chi connectivity index (χ0n) is 10.4. The van der Waals surface area contributed by atoms with E-state index < -0.39 is 0 Å². The Morgan fingerprint density at radius 3 is 2.35 bits per heavy atom. The van der Waals surface area contributed by atoms with Crippen molar-refractivity contribution in [3.8, 4) is 5.75 Å². The summed E-state index contributed by atoms with van der Waals surface area (Å²) in [4.78, 5) is 0. The van der Waals surface area contributed by atoms with E-state index in [4.69, 9.17) is 45.3 Å². The molecular weight excluding hydrogens is 317 g/mol. The quantitative estimate of drug-likeness (QED) is 0.783. The predicted octanol–water partition coefficient (Wildman–Crippen LogP) is 5.17. The molecule has 2 nitrogen and oxygen atoms in total. The second-order valence-electron chi connectivity index (χ2n) is 4.83. The van der Waals surface area contributed by atoms with Crippen LogP contribution >= 0.6 is 34.8 Å². The van der Waals surface area contributed by atoms with Gasteiger partial charge in [0.25, 0.3) is 0 Å². The van der Waals surface area contributed by atoms with E-state index in [9.17, 15) is 0 Å². The molecule has 0 saturated carbocycles. The average molecular weight is 329 g/mol. The van der Waals surface area contributed by atoms with Crippen molar-refractivity contribution in [2.45, 2.75) is 18.6 Å². The molecule has 1 aliphatic heterocycles. The van der Waals surface area contributed by atoms with E-state index in [-0.39, 0.29) is 12.1 Å².